The molecule has 3 heterocycles. The standard InChI is InChI=1S/C28H41N7O4.ClH/c1-17(2)34(13-6-12-30-27(38)33-19-9-7-18(8-10-19)28(3,4)5)15-21-22(36)23(37)26(39-21)35-14-11-20-24(29)31-16-32-25(20)35;/h7-11,14,16-17,21-23,26,36-37H,6,12-13,15H2,1-5H3,(H2,29,31,32)(H2,30,33,38);1H/t21-,22+,23-,26-;/m1./s1. The van der Waals surface area contributed by atoms with E-state index in [1.165, 1.54) is 11.9 Å². The van der Waals surface area contributed by atoms with Crippen molar-refractivity contribution in [1.29, 1.82) is 0 Å². The van der Waals surface area contributed by atoms with Crippen molar-refractivity contribution in [2.75, 3.05) is 30.7 Å². The van der Waals surface area contributed by atoms with Gasteiger partial charge in [-0.1, -0.05) is 32.9 Å². The number of amides is 2. The van der Waals surface area contributed by atoms with Crippen LogP contribution in [0.25, 0.3) is 11.0 Å². The van der Waals surface area contributed by atoms with E-state index in [0.717, 1.165) is 5.69 Å². The first-order valence-electron chi connectivity index (χ1n) is 13.4. The Hall–Kier alpha value is -2.96. The molecule has 220 valence electrons. The Morgan fingerprint density at radius 1 is 1.15 bits per heavy atom. The quantitative estimate of drug-likeness (QED) is 0.244. The van der Waals surface area contributed by atoms with Gasteiger partial charge in [-0.05, 0) is 49.4 Å². The maximum atomic E-state index is 12.4. The van der Waals surface area contributed by atoms with Crippen LogP contribution in [0.1, 0.15) is 52.8 Å². The number of hydrogen-bond acceptors (Lipinski definition) is 8. The van der Waals surface area contributed by atoms with Gasteiger partial charge < -0.3 is 35.9 Å². The van der Waals surface area contributed by atoms with Crippen LogP contribution in [0.15, 0.2) is 42.9 Å². The van der Waals surface area contributed by atoms with Crippen LogP contribution in [0.4, 0.5) is 16.3 Å². The van der Waals surface area contributed by atoms with E-state index >= 15 is 0 Å². The van der Waals surface area contributed by atoms with Crippen LogP contribution in [0.5, 0.6) is 0 Å². The van der Waals surface area contributed by atoms with Gasteiger partial charge in [-0.3, -0.25) is 4.90 Å². The number of carbonyl (C=O) groups is 1. The molecular formula is C28H42ClN7O4. The summed E-state index contributed by atoms with van der Waals surface area (Å²) < 4.78 is 7.82. The summed E-state index contributed by atoms with van der Waals surface area (Å²) >= 11 is 0. The predicted octanol–water partition coefficient (Wildman–Crippen LogP) is 3.27. The molecule has 12 heteroatoms. The average molecular weight is 576 g/mol. The van der Waals surface area contributed by atoms with Crippen LogP contribution < -0.4 is 16.4 Å². The fourth-order valence-corrected chi connectivity index (χ4v) is 4.81. The number of nitrogens with two attached hydrogens (primary N) is 1. The molecule has 2 aromatic heterocycles. The van der Waals surface area contributed by atoms with Gasteiger partial charge in [0.05, 0.1) is 5.39 Å². The minimum Gasteiger partial charge on any atom is -0.387 e. The minimum atomic E-state index is -1.13. The highest BCUT2D eigenvalue weighted by molar-refractivity contribution is 5.89. The number of halogens is 1. The van der Waals surface area contributed by atoms with Gasteiger partial charge in [0.2, 0.25) is 0 Å². The van der Waals surface area contributed by atoms with E-state index in [2.05, 4.69) is 60.1 Å². The summed E-state index contributed by atoms with van der Waals surface area (Å²) in [5, 5.41) is 28.0. The van der Waals surface area contributed by atoms with Crippen molar-refractivity contribution in [2.45, 2.75) is 77.0 Å². The topological polar surface area (TPSA) is 151 Å². The first-order chi connectivity index (χ1) is 18.5. The van der Waals surface area contributed by atoms with Gasteiger partial charge in [-0.15, -0.1) is 12.4 Å². The Kier molecular flexibility index (Phi) is 10.4. The van der Waals surface area contributed by atoms with Crippen LogP contribution >= 0.6 is 12.4 Å². The number of nitrogen functional groups attached to an aromatic ring is 1. The Bertz CT molecular complexity index is 1260. The van der Waals surface area contributed by atoms with E-state index in [1.54, 1.807) is 16.8 Å². The van der Waals surface area contributed by atoms with Gasteiger partial charge in [-0.25, -0.2) is 14.8 Å². The van der Waals surface area contributed by atoms with Gasteiger partial charge in [0.25, 0.3) is 0 Å². The first kappa shape index (κ1) is 31.6. The van der Waals surface area contributed by atoms with Gasteiger partial charge in [0.1, 0.15) is 36.1 Å². The minimum absolute atomic E-state index is 0. The summed E-state index contributed by atoms with van der Waals surface area (Å²) in [4.78, 5) is 22.8. The van der Waals surface area contributed by atoms with Crippen molar-refractivity contribution >= 4 is 41.0 Å². The van der Waals surface area contributed by atoms with Gasteiger partial charge in [-0.2, -0.15) is 0 Å². The third-order valence-electron chi connectivity index (χ3n) is 7.21. The van der Waals surface area contributed by atoms with E-state index < -0.39 is 24.5 Å². The molecule has 6 N–H and O–H groups in total. The van der Waals surface area contributed by atoms with Crippen molar-refractivity contribution in [2.24, 2.45) is 0 Å². The number of hydrogen-bond donors (Lipinski definition) is 5. The molecule has 1 saturated heterocycles. The molecule has 0 radical (unpaired) electrons. The summed E-state index contributed by atoms with van der Waals surface area (Å²) in [5.74, 6) is 0.343. The van der Waals surface area contributed by atoms with E-state index in [-0.39, 0.29) is 29.9 Å². The molecule has 4 rings (SSSR count). The molecule has 0 spiro atoms. The second-order valence-electron chi connectivity index (χ2n) is 11.4. The number of carbonyl (C=O) groups excluding carboxylic acids is 1. The maximum Gasteiger partial charge on any atom is 0.319 e. The highest BCUT2D eigenvalue weighted by Gasteiger charge is 2.44. The normalized spacial score (nSPS) is 21.1. The highest BCUT2D eigenvalue weighted by atomic mass is 35.5. The largest absolute Gasteiger partial charge is 0.387 e. The number of nitrogens with one attached hydrogen (secondary N) is 2. The Balaban J connectivity index is 0.00000441. The number of aliphatic hydroxyl groups excluding tert-OH is 2. The molecule has 0 unspecified atom stereocenters. The van der Waals surface area contributed by atoms with E-state index in [4.69, 9.17) is 10.5 Å². The molecule has 0 bridgehead atoms. The molecule has 1 fully saturated rings. The molecule has 1 aliphatic rings. The number of aromatic nitrogens is 3. The van der Waals surface area contributed by atoms with Crippen molar-refractivity contribution in [3.05, 3.63) is 48.4 Å². The zero-order valence-corrected chi connectivity index (χ0v) is 24.6. The number of fused-ring (bicyclic) bond motifs is 1. The number of anilines is 2. The summed E-state index contributed by atoms with van der Waals surface area (Å²) in [6.45, 7) is 12.2. The van der Waals surface area contributed by atoms with Crippen LogP contribution in [-0.4, -0.2) is 79.7 Å². The number of benzene rings is 1. The first-order valence-corrected chi connectivity index (χ1v) is 13.4. The predicted molar refractivity (Wildman–Crippen MR) is 159 cm³/mol. The highest BCUT2D eigenvalue weighted by Crippen LogP contribution is 2.33. The maximum absolute atomic E-state index is 12.4. The zero-order chi connectivity index (χ0) is 28.3. The summed E-state index contributed by atoms with van der Waals surface area (Å²) in [5.41, 5.74) is 8.48. The van der Waals surface area contributed by atoms with E-state index in [0.29, 0.717) is 42.9 Å². The summed E-state index contributed by atoms with van der Waals surface area (Å²) in [6, 6.07) is 9.57. The average Bonchev–Trinajstić information content (AvgIpc) is 3.42. The molecule has 1 aromatic carbocycles. The monoisotopic (exact) mass is 575 g/mol. The van der Waals surface area contributed by atoms with Gasteiger partial charge >= 0.3 is 6.03 Å². The SMILES string of the molecule is CC(C)N(CCCNC(=O)Nc1ccc(C(C)(C)C)cc1)C[C@H]1O[C@@H](n2ccc3c(N)ncnc32)[C@H](O)[C@H]1O.Cl. The molecule has 2 amide bonds. The number of ether oxygens (including phenoxy) is 1. The van der Waals surface area contributed by atoms with E-state index in [9.17, 15) is 15.0 Å². The van der Waals surface area contributed by atoms with Crippen LogP contribution in [0, 0.1) is 0 Å². The van der Waals surface area contributed by atoms with Crippen LogP contribution in [0.3, 0.4) is 0 Å². The lowest BCUT2D eigenvalue weighted by atomic mass is 9.87. The summed E-state index contributed by atoms with van der Waals surface area (Å²) in [7, 11) is 0. The van der Waals surface area contributed by atoms with Crippen LogP contribution in [-0.2, 0) is 10.2 Å². The number of rotatable bonds is 9. The second-order valence-corrected chi connectivity index (χ2v) is 11.4. The van der Waals surface area contributed by atoms with Gasteiger partial charge in [0, 0.05) is 37.6 Å². The molecular weight excluding hydrogens is 534 g/mol. The zero-order valence-electron chi connectivity index (χ0n) is 23.7. The third kappa shape index (κ3) is 7.21. The van der Waals surface area contributed by atoms with Crippen LogP contribution in [0.2, 0.25) is 0 Å². The lowest BCUT2D eigenvalue weighted by Gasteiger charge is -2.30. The van der Waals surface area contributed by atoms with Crippen molar-refractivity contribution in [3.63, 3.8) is 0 Å². The Morgan fingerprint density at radius 3 is 2.50 bits per heavy atom. The molecule has 11 nitrogen and oxygen atoms in total. The van der Waals surface area contributed by atoms with Crippen molar-refractivity contribution in [3.8, 4) is 0 Å². The van der Waals surface area contributed by atoms with Gasteiger partial charge in [0.15, 0.2) is 6.23 Å². The smallest absolute Gasteiger partial charge is 0.319 e. The molecule has 4 atom stereocenters. The molecule has 3 aromatic rings. The fraction of sp³-hybridized carbons (Fsp3) is 0.536. The molecule has 40 heavy (non-hydrogen) atoms. The lowest BCUT2D eigenvalue weighted by molar-refractivity contribution is -0.0465. The fourth-order valence-electron chi connectivity index (χ4n) is 4.81. The third-order valence-corrected chi connectivity index (χ3v) is 7.21. The van der Waals surface area contributed by atoms with Crippen molar-refractivity contribution in [1.82, 2.24) is 24.8 Å². The summed E-state index contributed by atoms with van der Waals surface area (Å²) in [6.07, 6.45) is 0.210. The number of aliphatic hydroxyl groups is 2. The second kappa shape index (κ2) is 13.1. The van der Waals surface area contributed by atoms with Crippen molar-refractivity contribution < 1.29 is 19.7 Å². The lowest BCUT2D eigenvalue weighted by Crippen LogP contribution is -2.44. The Labute approximate surface area is 241 Å². The molecule has 0 aliphatic carbocycles. The Morgan fingerprint density at radius 2 is 1.85 bits per heavy atom. The number of nitrogens with zero attached hydrogens (tertiary/aromatic N) is 4. The molecule has 0 saturated carbocycles. The van der Waals surface area contributed by atoms with E-state index in [1.807, 2.05) is 24.3 Å². The number of urea groups is 1. The molecule has 1 aliphatic heterocycles.